The van der Waals surface area contributed by atoms with Crippen LogP contribution in [0, 0.1) is 0 Å². The molecule has 0 atom stereocenters. The number of aliphatic hydroxyl groups is 1. The average Bonchev–Trinajstić information content (AvgIpc) is 2.62. The second kappa shape index (κ2) is 5.71. The Balaban J connectivity index is 1.97. The molecule has 0 aliphatic heterocycles. The number of nitrogens with zero attached hydrogens (tertiary/aromatic N) is 2. The Hall–Kier alpha value is -2.91. The van der Waals surface area contributed by atoms with Crippen molar-refractivity contribution in [2.45, 2.75) is 0 Å². The van der Waals surface area contributed by atoms with E-state index in [1.54, 1.807) is 0 Å². The molecular formula is C20H16N2O. The number of hydrogen-bond donors (Lipinski definition) is 1. The van der Waals surface area contributed by atoms with Crippen LogP contribution in [-0.2, 0) is 0 Å². The molecule has 0 saturated carbocycles. The predicted molar refractivity (Wildman–Crippen MR) is 94.9 cm³/mol. The van der Waals surface area contributed by atoms with Gasteiger partial charge in [0, 0.05) is 16.5 Å². The van der Waals surface area contributed by atoms with Gasteiger partial charge in [0.05, 0.1) is 16.7 Å². The maximum atomic E-state index is 9.91. The normalized spacial score (nSPS) is 11.0. The largest absolute Gasteiger partial charge is 0.376 e. The highest BCUT2D eigenvalue weighted by Crippen LogP contribution is 2.32. The van der Waals surface area contributed by atoms with Crippen molar-refractivity contribution in [3.8, 4) is 0 Å². The molecule has 4 aromatic rings. The lowest BCUT2D eigenvalue weighted by atomic mass is 10.1. The number of anilines is 2. The van der Waals surface area contributed by atoms with E-state index in [1.165, 1.54) is 0 Å². The predicted octanol–water partition coefficient (Wildman–Crippen LogP) is 4.48. The van der Waals surface area contributed by atoms with E-state index < -0.39 is 0 Å². The van der Waals surface area contributed by atoms with Gasteiger partial charge >= 0.3 is 0 Å². The number of hydrogen-bond acceptors (Lipinski definition) is 3. The second-order valence-corrected chi connectivity index (χ2v) is 5.43. The Morgan fingerprint density at radius 3 is 2.35 bits per heavy atom. The quantitative estimate of drug-likeness (QED) is 0.448. The van der Waals surface area contributed by atoms with Crippen LogP contribution in [0.1, 0.15) is 0 Å². The van der Waals surface area contributed by atoms with Crippen LogP contribution < -0.4 is 4.90 Å². The van der Waals surface area contributed by atoms with E-state index in [2.05, 4.69) is 12.1 Å². The van der Waals surface area contributed by atoms with Gasteiger partial charge in [0.1, 0.15) is 6.73 Å². The van der Waals surface area contributed by atoms with Crippen molar-refractivity contribution in [2.75, 3.05) is 11.6 Å². The van der Waals surface area contributed by atoms with Crippen LogP contribution in [0.25, 0.3) is 21.8 Å². The second-order valence-electron chi connectivity index (χ2n) is 5.43. The molecule has 4 rings (SSSR count). The lowest BCUT2D eigenvalue weighted by Gasteiger charge is -2.23. The van der Waals surface area contributed by atoms with Gasteiger partial charge in [-0.1, -0.05) is 42.5 Å². The first-order valence-corrected chi connectivity index (χ1v) is 7.59. The average molecular weight is 300 g/mol. The highest BCUT2D eigenvalue weighted by Gasteiger charge is 2.12. The SMILES string of the molecule is OCN(c1ccccc1)c1cccc2nc3ccccc3cc12. The van der Waals surface area contributed by atoms with Gasteiger partial charge in [-0.25, -0.2) is 4.98 Å². The van der Waals surface area contributed by atoms with Crippen molar-refractivity contribution in [1.29, 1.82) is 0 Å². The number of rotatable bonds is 3. The first-order valence-electron chi connectivity index (χ1n) is 7.59. The van der Waals surface area contributed by atoms with Gasteiger partial charge in [0.25, 0.3) is 0 Å². The van der Waals surface area contributed by atoms with E-state index in [9.17, 15) is 5.11 Å². The van der Waals surface area contributed by atoms with Crippen LogP contribution >= 0.6 is 0 Å². The summed E-state index contributed by atoms with van der Waals surface area (Å²) in [5, 5.41) is 12.0. The third-order valence-electron chi connectivity index (χ3n) is 4.04. The van der Waals surface area contributed by atoms with Gasteiger partial charge in [-0.3, -0.25) is 0 Å². The highest BCUT2D eigenvalue weighted by atomic mass is 16.3. The van der Waals surface area contributed by atoms with E-state index in [0.717, 1.165) is 33.2 Å². The van der Waals surface area contributed by atoms with Gasteiger partial charge in [0.2, 0.25) is 0 Å². The molecule has 112 valence electrons. The molecule has 3 heteroatoms. The standard InChI is InChI=1S/C20H16N2O/c23-14-22(16-8-2-1-3-9-16)20-12-6-11-19-17(20)13-15-7-4-5-10-18(15)21-19/h1-13,23H,14H2. The zero-order chi connectivity index (χ0) is 15.6. The number of aromatic nitrogens is 1. The van der Waals surface area contributed by atoms with E-state index in [1.807, 2.05) is 71.6 Å². The van der Waals surface area contributed by atoms with Crippen molar-refractivity contribution in [2.24, 2.45) is 0 Å². The summed E-state index contributed by atoms with van der Waals surface area (Å²) < 4.78 is 0. The molecule has 1 N–H and O–H groups in total. The molecule has 3 aromatic carbocycles. The zero-order valence-electron chi connectivity index (χ0n) is 12.6. The van der Waals surface area contributed by atoms with E-state index in [-0.39, 0.29) is 6.73 Å². The highest BCUT2D eigenvalue weighted by molar-refractivity contribution is 6.00. The molecule has 0 radical (unpaired) electrons. The summed E-state index contributed by atoms with van der Waals surface area (Å²) in [5.74, 6) is 0. The summed E-state index contributed by atoms with van der Waals surface area (Å²) in [6, 6.07) is 26.1. The molecule has 0 bridgehead atoms. The fourth-order valence-electron chi connectivity index (χ4n) is 2.92. The van der Waals surface area contributed by atoms with Crippen molar-refractivity contribution >= 4 is 33.2 Å². The van der Waals surface area contributed by atoms with Crippen molar-refractivity contribution < 1.29 is 5.11 Å². The summed E-state index contributed by atoms with van der Waals surface area (Å²) in [6.45, 7) is -0.0873. The first-order chi connectivity index (χ1) is 11.4. The summed E-state index contributed by atoms with van der Waals surface area (Å²) in [4.78, 5) is 6.63. The van der Waals surface area contributed by atoms with Gasteiger partial charge in [-0.05, 0) is 36.4 Å². The van der Waals surface area contributed by atoms with E-state index >= 15 is 0 Å². The van der Waals surface area contributed by atoms with E-state index in [4.69, 9.17) is 4.98 Å². The number of benzene rings is 3. The molecule has 0 saturated heterocycles. The molecule has 23 heavy (non-hydrogen) atoms. The summed E-state index contributed by atoms with van der Waals surface area (Å²) >= 11 is 0. The fourth-order valence-corrected chi connectivity index (χ4v) is 2.92. The Kier molecular flexibility index (Phi) is 3.41. The smallest absolute Gasteiger partial charge is 0.120 e. The van der Waals surface area contributed by atoms with Crippen molar-refractivity contribution in [1.82, 2.24) is 4.98 Å². The third-order valence-corrected chi connectivity index (χ3v) is 4.04. The molecule has 0 aliphatic rings. The molecule has 1 aromatic heterocycles. The van der Waals surface area contributed by atoms with Gasteiger partial charge in [-0.2, -0.15) is 0 Å². The summed E-state index contributed by atoms with van der Waals surface area (Å²) in [7, 11) is 0. The Bertz CT molecular complexity index is 967. The van der Waals surface area contributed by atoms with Gasteiger partial charge in [-0.15, -0.1) is 0 Å². The minimum Gasteiger partial charge on any atom is -0.376 e. The number of pyridine rings is 1. The maximum Gasteiger partial charge on any atom is 0.120 e. The van der Waals surface area contributed by atoms with Crippen LogP contribution in [0.4, 0.5) is 11.4 Å². The zero-order valence-corrected chi connectivity index (χ0v) is 12.6. The van der Waals surface area contributed by atoms with Crippen molar-refractivity contribution in [3.05, 3.63) is 78.9 Å². The molecular weight excluding hydrogens is 284 g/mol. The van der Waals surface area contributed by atoms with Crippen molar-refractivity contribution in [3.63, 3.8) is 0 Å². The van der Waals surface area contributed by atoms with Crippen LogP contribution in [0.5, 0.6) is 0 Å². The Labute approximate surface area is 134 Å². The number of aliphatic hydroxyl groups excluding tert-OH is 1. The van der Waals surface area contributed by atoms with Crippen LogP contribution in [0.15, 0.2) is 78.9 Å². The fraction of sp³-hybridized carbons (Fsp3) is 0.0500. The lowest BCUT2D eigenvalue weighted by Crippen LogP contribution is -2.18. The van der Waals surface area contributed by atoms with Crippen LogP contribution in [0.3, 0.4) is 0 Å². The summed E-state index contributed by atoms with van der Waals surface area (Å²) in [5.41, 5.74) is 3.81. The molecule has 0 aliphatic carbocycles. The Morgan fingerprint density at radius 2 is 1.52 bits per heavy atom. The third kappa shape index (κ3) is 2.41. The first kappa shape index (κ1) is 13.7. The van der Waals surface area contributed by atoms with Gasteiger partial charge < -0.3 is 10.0 Å². The van der Waals surface area contributed by atoms with Gasteiger partial charge in [0.15, 0.2) is 0 Å². The molecule has 3 nitrogen and oxygen atoms in total. The maximum absolute atomic E-state index is 9.91. The lowest BCUT2D eigenvalue weighted by molar-refractivity contribution is 0.305. The monoisotopic (exact) mass is 300 g/mol. The van der Waals surface area contributed by atoms with E-state index in [0.29, 0.717) is 0 Å². The minimum absolute atomic E-state index is 0.0873. The minimum atomic E-state index is -0.0873. The number of fused-ring (bicyclic) bond motifs is 2. The van der Waals surface area contributed by atoms with Crippen LogP contribution in [-0.4, -0.2) is 16.8 Å². The molecule has 1 heterocycles. The summed E-state index contributed by atoms with van der Waals surface area (Å²) in [6.07, 6.45) is 0. The molecule has 0 spiro atoms. The Morgan fingerprint density at radius 1 is 0.783 bits per heavy atom. The number of para-hydroxylation sites is 2. The molecule has 0 amide bonds. The topological polar surface area (TPSA) is 36.4 Å². The molecule has 0 unspecified atom stereocenters. The van der Waals surface area contributed by atoms with Crippen LogP contribution in [0.2, 0.25) is 0 Å². The molecule has 0 fully saturated rings.